The van der Waals surface area contributed by atoms with E-state index < -0.39 is 20.1 Å². The Balaban J connectivity index is -0.0000000800. The molecule has 0 aliphatic heterocycles. The average Bonchev–Trinajstić information content (AvgIpc) is 0.722. The Kier molecular flexibility index (Phi) is 13.8. The molecule has 7 heteroatoms. The van der Waals surface area contributed by atoms with Crippen molar-refractivity contribution < 1.29 is 30.2 Å². The first kappa shape index (κ1) is 16.0. The van der Waals surface area contributed by atoms with E-state index in [-0.39, 0.29) is 44.4 Å². The van der Waals surface area contributed by atoms with Crippen molar-refractivity contribution in [3.63, 3.8) is 0 Å². The van der Waals surface area contributed by atoms with Crippen LogP contribution in [0.4, 0.5) is 0 Å². The Morgan fingerprint density at radius 2 is 1.14 bits per heavy atom. The molecule has 4 nitrogen and oxygen atoms in total. The molecule has 0 aromatic carbocycles. The Morgan fingerprint density at radius 1 is 1.14 bits per heavy atom. The molecule has 0 amide bonds. The zero-order valence-electron chi connectivity index (χ0n) is 2.96. The molecular formula is MnO4PbSb. The van der Waals surface area contributed by atoms with Crippen molar-refractivity contribution in [2.24, 2.45) is 0 Å². The smallest absolute Gasteiger partial charge is 1.00 e. The van der Waals surface area contributed by atoms with Gasteiger partial charge in [-0.25, -0.2) is 0 Å². The summed E-state index contributed by atoms with van der Waals surface area (Å²) in [6, 6.07) is 0. The van der Waals surface area contributed by atoms with Gasteiger partial charge in [0.1, 0.15) is 0 Å². The first-order valence-corrected chi connectivity index (χ1v) is 4.90. The third kappa shape index (κ3) is 74.4. The molecule has 0 fully saturated rings. The van der Waals surface area contributed by atoms with Crippen LogP contribution in [0.25, 0.3) is 0 Å². The maximum absolute atomic E-state index is 8.64. The van der Waals surface area contributed by atoms with E-state index in [4.69, 9.17) is 13.2 Å². The standard InChI is InChI=1S/Mn.4O.Pb.Sb/q+2;;3*-1;+1;. The molecule has 40 valence electrons. The van der Waals surface area contributed by atoms with E-state index in [1.54, 1.807) is 0 Å². The van der Waals surface area contributed by atoms with Crippen molar-refractivity contribution in [1.82, 2.24) is 0 Å². The summed E-state index contributed by atoms with van der Waals surface area (Å²) in [4.78, 5) is 0. The maximum atomic E-state index is 8.64. The Morgan fingerprint density at radius 3 is 1.14 bits per heavy atom. The summed E-state index contributed by atoms with van der Waals surface area (Å²) in [7, 11) is 0. The molecule has 0 saturated heterocycles. The van der Waals surface area contributed by atoms with Crippen molar-refractivity contribution in [1.29, 1.82) is 0 Å². The third-order valence-electron chi connectivity index (χ3n) is 0. The van der Waals surface area contributed by atoms with Gasteiger partial charge in [0, 0.05) is 0 Å². The van der Waals surface area contributed by atoms with Crippen molar-refractivity contribution in [2.75, 3.05) is 0 Å². The van der Waals surface area contributed by atoms with E-state index in [1.807, 2.05) is 0 Å². The Hall–Kier alpha value is 1.94. The fourth-order valence-corrected chi connectivity index (χ4v) is 0. The molecule has 0 aromatic rings. The van der Waals surface area contributed by atoms with Gasteiger partial charge in [-0.15, -0.1) is 0 Å². The molecule has 7 heavy (non-hydrogen) atoms. The first-order chi connectivity index (χ1) is 2.00. The normalized spacial score (nSPS) is 8.43. The van der Waals surface area contributed by atoms with Gasteiger partial charge in [-0.3, -0.25) is 0 Å². The maximum Gasteiger partial charge on any atom is 1.00 e. The number of rotatable bonds is 0. The number of hydrogen-bond donors (Lipinski definition) is 0. The minimum Gasteiger partial charge on any atom is 1.00 e. The Bertz CT molecular complexity index is 57.8. The zero-order chi connectivity index (χ0) is 4.50. The molecule has 0 rings (SSSR count). The van der Waals surface area contributed by atoms with Crippen molar-refractivity contribution in [2.45, 2.75) is 0 Å². The molecule has 0 N–H and O–H groups in total. The van der Waals surface area contributed by atoms with Gasteiger partial charge in [-0.1, -0.05) is 0 Å². The molecule has 0 unspecified atom stereocenters. The van der Waals surface area contributed by atoms with Crippen LogP contribution in [0.2, 0.25) is 0 Å². The molecule has 0 aliphatic rings. The van der Waals surface area contributed by atoms with Gasteiger partial charge in [0.05, 0.1) is 0 Å². The van der Waals surface area contributed by atoms with E-state index >= 15 is 0 Å². The quantitative estimate of drug-likeness (QED) is 0.351. The SMILES string of the molecule is [Mn+2].[O]=[Sb]([O-])([O-])[O-].[Pb+]. The molecule has 0 bridgehead atoms. The summed E-state index contributed by atoms with van der Waals surface area (Å²) in [6.45, 7) is 0. The van der Waals surface area contributed by atoms with E-state index in [2.05, 4.69) is 0 Å². The van der Waals surface area contributed by atoms with E-state index in [1.165, 1.54) is 0 Å². The van der Waals surface area contributed by atoms with Gasteiger partial charge in [0.25, 0.3) is 0 Å². The van der Waals surface area contributed by atoms with Crippen LogP contribution in [0.1, 0.15) is 0 Å². The van der Waals surface area contributed by atoms with Crippen LogP contribution in [-0.2, 0) is 20.1 Å². The van der Waals surface area contributed by atoms with Crippen molar-refractivity contribution in [3.05, 3.63) is 0 Å². The van der Waals surface area contributed by atoms with Crippen LogP contribution in [0.5, 0.6) is 0 Å². The monoisotopic (exact) mass is 448 g/mol. The fourth-order valence-electron chi connectivity index (χ4n) is 0. The second-order valence-corrected chi connectivity index (χ2v) is 3.00. The average molecular weight is 448 g/mol. The van der Waals surface area contributed by atoms with E-state index in [9.17, 15) is 0 Å². The van der Waals surface area contributed by atoms with Crippen LogP contribution >= 0.6 is 0 Å². The summed E-state index contributed by atoms with van der Waals surface area (Å²) in [6.07, 6.45) is 0. The number of hydrogen-bond acceptors (Lipinski definition) is 4. The van der Waals surface area contributed by atoms with Gasteiger partial charge in [-0.05, 0) is 0 Å². The van der Waals surface area contributed by atoms with Gasteiger partial charge >= 0.3 is 77.6 Å². The molecule has 0 aromatic heterocycles. The summed E-state index contributed by atoms with van der Waals surface area (Å²) in [5, 5.41) is 0. The summed E-state index contributed by atoms with van der Waals surface area (Å²) in [5.74, 6) is 0. The van der Waals surface area contributed by atoms with Gasteiger partial charge in [-0.2, -0.15) is 0 Å². The predicted octanol–water partition coefficient (Wildman–Crippen LogP) is -4.45. The first-order valence-electron chi connectivity index (χ1n) is 0.730. The fraction of sp³-hybridized carbons (Fsp3) is 0. The van der Waals surface area contributed by atoms with Gasteiger partial charge in [0.15, 0.2) is 0 Å². The van der Waals surface area contributed by atoms with Crippen LogP contribution in [-0.4, -0.2) is 47.4 Å². The molecule has 0 saturated carbocycles. The topological polar surface area (TPSA) is 86.2 Å². The second kappa shape index (κ2) is 6.07. The van der Waals surface area contributed by atoms with Gasteiger partial charge < -0.3 is 0 Å². The predicted molar refractivity (Wildman–Crippen MR) is 12.2 cm³/mol. The van der Waals surface area contributed by atoms with Gasteiger partial charge in [0.2, 0.25) is 0 Å². The molecule has 0 atom stereocenters. The molecule has 0 aliphatic carbocycles. The van der Waals surface area contributed by atoms with E-state index in [0.717, 1.165) is 0 Å². The Labute approximate surface area is 76.6 Å². The molecule has 0 spiro atoms. The van der Waals surface area contributed by atoms with Crippen LogP contribution in [0.15, 0.2) is 0 Å². The van der Waals surface area contributed by atoms with Crippen LogP contribution < -0.4 is 10.2 Å². The summed E-state index contributed by atoms with van der Waals surface area (Å²) < 4.78 is 34.6. The second-order valence-electron chi connectivity index (χ2n) is 0.447. The summed E-state index contributed by atoms with van der Waals surface area (Å²) in [5.41, 5.74) is 0. The van der Waals surface area contributed by atoms with Crippen LogP contribution in [0, 0.1) is 0 Å². The molecule has 0 heterocycles. The van der Waals surface area contributed by atoms with E-state index in [0.29, 0.717) is 0 Å². The summed E-state index contributed by atoms with van der Waals surface area (Å²) >= 11 is -6.10. The minimum absolute atomic E-state index is 0. The minimum atomic E-state index is -6.10. The van der Waals surface area contributed by atoms with Crippen LogP contribution in [0.3, 0.4) is 0 Å². The molecule has 4 radical (unpaired) electrons. The molecular weight excluding hydrogens is 448 g/mol. The van der Waals surface area contributed by atoms with Crippen molar-refractivity contribution in [3.8, 4) is 0 Å². The van der Waals surface area contributed by atoms with Crippen molar-refractivity contribution >= 4 is 47.4 Å². The largest absolute Gasteiger partial charge is 1.00 e. The third-order valence-corrected chi connectivity index (χ3v) is 0. The zero-order valence-corrected chi connectivity index (χ0v) is 10.6.